The molecule has 2 heterocycles. The van der Waals surface area contributed by atoms with Crippen molar-refractivity contribution >= 4 is 50.5 Å². The molecule has 0 atom stereocenters. The Bertz CT molecular complexity index is 888. The van der Waals surface area contributed by atoms with E-state index < -0.39 is 4.92 Å². The molecule has 0 radical (unpaired) electrons. The van der Waals surface area contributed by atoms with Gasteiger partial charge in [-0.1, -0.05) is 16.1 Å². The Morgan fingerprint density at radius 3 is 2.70 bits per heavy atom. The molecule has 7 nitrogen and oxygen atoms in total. The highest BCUT2D eigenvalue weighted by molar-refractivity contribution is 7.14. The van der Waals surface area contributed by atoms with Crippen molar-refractivity contribution in [2.75, 3.05) is 0 Å². The quantitative estimate of drug-likeness (QED) is 0.392. The SMILES string of the molecule is Cc1nnsc1C(Cl)=Nc1nc(-c2ccc([N+](=O)[O-])cc2)cs1. The first-order chi connectivity index (χ1) is 11.0. The molecule has 10 heteroatoms. The second kappa shape index (κ2) is 6.49. The maximum Gasteiger partial charge on any atom is 0.269 e. The van der Waals surface area contributed by atoms with Gasteiger partial charge in [0.1, 0.15) is 4.88 Å². The Kier molecular flexibility index (Phi) is 4.42. The molecule has 0 aliphatic rings. The smallest absolute Gasteiger partial charge is 0.258 e. The summed E-state index contributed by atoms with van der Waals surface area (Å²) in [7, 11) is 0. The van der Waals surface area contributed by atoms with E-state index in [-0.39, 0.29) is 5.69 Å². The predicted octanol–water partition coefficient (Wildman–Crippen LogP) is 4.20. The van der Waals surface area contributed by atoms with Gasteiger partial charge in [0.25, 0.3) is 5.69 Å². The summed E-state index contributed by atoms with van der Waals surface area (Å²) in [6.07, 6.45) is 0. The van der Waals surface area contributed by atoms with Crippen molar-refractivity contribution in [2.24, 2.45) is 4.99 Å². The molecule has 0 fully saturated rings. The summed E-state index contributed by atoms with van der Waals surface area (Å²) < 4.78 is 3.81. The molecule has 3 rings (SSSR count). The number of rotatable bonds is 4. The number of benzene rings is 1. The Balaban J connectivity index is 1.86. The average molecular weight is 366 g/mol. The maximum atomic E-state index is 10.7. The molecule has 0 spiro atoms. The lowest BCUT2D eigenvalue weighted by Crippen LogP contribution is -1.89. The van der Waals surface area contributed by atoms with Gasteiger partial charge in [-0.15, -0.1) is 16.4 Å². The highest BCUT2D eigenvalue weighted by atomic mass is 35.5. The minimum atomic E-state index is -0.439. The van der Waals surface area contributed by atoms with Crippen LogP contribution in [-0.4, -0.2) is 24.7 Å². The number of aromatic nitrogens is 3. The summed E-state index contributed by atoms with van der Waals surface area (Å²) in [5.74, 6) is 0. The van der Waals surface area contributed by atoms with E-state index in [1.54, 1.807) is 19.1 Å². The molecule has 2 aromatic heterocycles. The van der Waals surface area contributed by atoms with Crippen molar-refractivity contribution in [1.82, 2.24) is 14.6 Å². The van der Waals surface area contributed by atoms with Crippen molar-refractivity contribution in [3.05, 3.63) is 50.3 Å². The molecule has 0 aliphatic heterocycles. The molecule has 0 amide bonds. The normalized spacial score (nSPS) is 11.7. The van der Waals surface area contributed by atoms with Crippen LogP contribution in [0.2, 0.25) is 0 Å². The topological polar surface area (TPSA) is 94.2 Å². The number of hydrogen-bond acceptors (Lipinski definition) is 8. The van der Waals surface area contributed by atoms with Gasteiger partial charge in [-0.3, -0.25) is 10.1 Å². The number of aliphatic imine (C=N–C) groups is 1. The number of nitro groups is 1. The number of halogens is 1. The fraction of sp³-hybridized carbons (Fsp3) is 0.0769. The largest absolute Gasteiger partial charge is 0.269 e. The molecular formula is C13H8ClN5O2S2. The zero-order valence-electron chi connectivity index (χ0n) is 11.6. The molecule has 3 aromatic rings. The average Bonchev–Trinajstić information content (AvgIpc) is 3.16. The summed E-state index contributed by atoms with van der Waals surface area (Å²) in [6, 6.07) is 6.19. The summed E-state index contributed by atoms with van der Waals surface area (Å²) in [4.78, 5) is 19.6. The van der Waals surface area contributed by atoms with Gasteiger partial charge in [0, 0.05) is 23.1 Å². The van der Waals surface area contributed by atoms with Gasteiger partial charge >= 0.3 is 0 Å². The number of thiazole rings is 1. The Hall–Kier alpha value is -2.23. The molecule has 1 aromatic carbocycles. The highest BCUT2D eigenvalue weighted by Crippen LogP contribution is 2.29. The van der Waals surface area contributed by atoms with E-state index in [9.17, 15) is 10.1 Å². The molecule has 116 valence electrons. The van der Waals surface area contributed by atoms with Crippen LogP contribution in [0.5, 0.6) is 0 Å². The van der Waals surface area contributed by atoms with Gasteiger partial charge in [0.15, 0.2) is 5.17 Å². The van der Waals surface area contributed by atoms with E-state index in [2.05, 4.69) is 19.6 Å². The summed E-state index contributed by atoms with van der Waals surface area (Å²) >= 11 is 8.68. The van der Waals surface area contributed by atoms with Crippen molar-refractivity contribution in [3.63, 3.8) is 0 Å². The van der Waals surface area contributed by atoms with Crippen LogP contribution >= 0.6 is 34.5 Å². The first-order valence-electron chi connectivity index (χ1n) is 6.28. The van der Waals surface area contributed by atoms with E-state index in [0.717, 1.165) is 11.3 Å². The summed E-state index contributed by atoms with van der Waals surface area (Å²) in [5, 5.41) is 17.2. The van der Waals surface area contributed by atoms with Gasteiger partial charge in [-0.05, 0) is 30.6 Å². The van der Waals surface area contributed by atoms with Crippen molar-refractivity contribution < 1.29 is 4.92 Å². The van der Waals surface area contributed by atoms with E-state index in [1.165, 1.54) is 35.0 Å². The predicted molar refractivity (Wildman–Crippen MR) is 90.9 cm³/mol. The van der Waals surface area contributed by atoms with Gasteiger partial charge in [0.05, 0.1) is 16.3 Å². The molecule has 0 aliphatic carbocycles. The van der Waals surface area contributed by atoms with E-state index in [4.69, 9.17) is 11.6 Å². The van der Waals surface area contributed by atoms with Crippen molar-refractivity contribution in [1.29, 1.82) is 0 Å². The van der Waals surface area contributed by atoms with Crippen molar-refractivity contribution in [2.45, 2.75) is 6.92 Å². The highest BCUT2D eigenvalue weighted by Gasteiger charge is 2.11. The second-order valence-corrected chi connectivity index (χ2v) is 6.36. The molecular weight excluding hydrogens is 358 g/mol. The van der Waals surface area contributed by atoms with Crippen LogP contribution in [0.1, 0.15) is 10.6 Å². The minimum Gasteiger partial charge on any atom is -0.258 e. The third kappa shape index (κ3) is 3.41. The van der Waals surface area contributed by atoms with Gasteiger partial charge in [0.2, 0.25) is 5.13 Å². The van der Waals surface area contributed by atoms with Crippen LogP contribution in [0, 0.1) is 17.0 Å². The Morgan fingerprint density at radius 1 is 1.35 bits per heavy atom. The number of nitro benzene ring substituents is 1. The number of non-ortho nitro benzene ring substituents is 1. The van der Waals surface area contributed by atoms with Crippen LogP contribution in [0.25, 0.3) is 11.3 Å². The first-order valence-corrected chi connectivity index (χ1v) is 8.31. The van der Waals surface area contributed by atoms with Crippen LogP contribution in [0.3, 0.4) is 0 Å². The fourth-order valence-corrected chi connectivity index (χ4v) is 3.37. The van der Waals surface area contributed by atoms with Gasteiger partial charge < -0.3 is 0 Å². The molecule has 0 saturated carbocycles. The standard InChI is InChI=1S/C13H8ClN5O2S2/c1-7-11(23-18-17-7)12(14)16-13-15-10(6-22-13)8-2-4-9(5-3-8)19(20)21/h2-6H,1H3. The van der Waals surface area contributed by atoms with Crippen molar-refractivity contribution in [3.8, 4) is 11.3 Å². The Morgan fingerprint density at radius 2 is 2.09 bits per heavy atom. The third-order valence-corrected chi connectivity index (χ3v) is 4.85. The lowest BCUT2D eigenvalue weighted by atomic mass is 10.1. The van der Waals surface area contributed by atoms with Crippen LogP contribution in [0.4, 0.5) is 10.8 Å². The second-order valence-electron chi connectivity index (χ2n) is 4.41. The molecule has 0 saturated heterocycles. The lowest BCUT2D eigenvalue weighted by molar-refractivity contribution is -0.384. The maximum absolute atomic E-state index is 10.7. The molecule has 0 unspecified atom stereocenters. The van der Waals surface area contributed by atoms with E-state index in [1.807, 2.05) is 5.38 Å². The van der Waals surface area contributed by atoms with Crippen LogP contribution in [0.15, 0.2) is 34.6 Å². The van der Waals surface area contributed by atoms with Gasteiger partial charge in [-0.2, -0.15) is 0 Å². The summed E-state index contributed by atoms with van der Waals surface area (Å²) in [5.41, 5.74) is 2.22. The first kappa shape index (κ1) is 15.7. The van der Waals surface area contributed by atoms with Crippen LogP contribution in [-0.2, 0) is 0 Å². The molecule has 0 N–H and O–H groups in total. The Labute approximate surface area is 143 Å². The monoisotopic (exact) mass is 365 g/mol. The lowest BCUT2D eigenvalue weighted by Gasteiger charge is -1.96. The van der Waals surface area contributed by atoms with Crippen LogP contribution < -0.4 is 0 Å². The zero-order valence-corrected chi connectivity index (χ0v) is 14.0. The zero-order chi connectivity index (χ0) is 16.4. The number of aryl methyl sites for hydroxylation is 1. The number of hydrogen-bond donors (Lipinski definition) is 0. The van der Waals surface area contributed by atoms with E-state index in [0.29, 0.717) is 20.9 Å². The third-order valence-electron chi connectivity index (χ3n) is 2.90. The van der Waals surface area contributed by atoms with Gasteiger partial charge in [-0.25, -0.2) is 9.98 Å². The van der Waals surface area contributed by atoms with E-state index >= 15 is 0 Å². The summed E-state index contributed by atoms with van der Waals surface area (Å²) in [6.45, 7) is 1.81. The minimum absolute atomic E-state index is 0.0402. The number of nitrogens with zero attached hydrogens (tertiary/aromatic N) is 5. The molecule has 0 bridgehead atoms. The molecule has 23 heavy (non-hydrogen) atoms. The fourth-order valence-electron chi connectivity index (χ4n) is 1.76.